The molecule has 0 aliphatic carbocycles. The van der Waals surface area contributed by atoms with Crippen molar-refractivity contribution in [3.05, 3.63) is 75.8 Å². The van der Waals surface area contributed by atoms with Crippen LogP contribution in [0.5, 0.6) is 5.75 Å². The lowest BCUT2D eigenvalue weighted by Gasteiger charge is -2.16. The summed E-state index contributed by atoms with van der Waals surface area (Å²) in [7, 11) is 0. The van der Waals surface area contributed by atoms with E-state index in [1.165, 1.54) is 0 Å². The van der Waals surface area contributed by atoms with Gasteiger partial charge >= 0.3 is 0 Å². The van der Waals surface area contributed by atoms with Crippen molar-refractivity contribution < 1.29 is 9.84 Å². The van der Waals surface area contributed by atoms with Gasteiger partial charge < -0.3 is 15.2 Å². The fraction of sp³-hybridized carbons (Fsp3) is 0.200. The van der Waals surface area contributed by atoms with Crippen molar-refractivity contribution in [2.75, 3.05) is 13.2 Å². The summed E-state index contributed by atoms with van der Waals surface area (Å²) in [5, 5.41) is 15.7. The van der Waals surface area contributed by atoms with Crippen molar-refractivity contribution >= 4 is 34.0 Å². The Labute approximate surface area is 157 Å². The van der Waals surface area contributed by atoms with Gasteiger partial charge in [-0.15, -0.1) is 0 Å². The Bertz CT molecular complexity index is 847. The number of aliphatic hydroxyl groups is 1. The van der Waals surface area contributed by atoms with Gasteiger partial charge in [-0.2, -0.15) is 0 Å². The molecule has 0 unspecified atom stereocenters. The number of fused-ring (bicyclic) bond motifs is 1. The Morgan fingerprint density at radius 3 is 2.40 bits per heavy atom. The molecule has 0 saturated carbocycles. The molecule has 0 atom stereocenters. The van der Waals surface area contributed by atoms with Gasteiger partial charge in [-0.1, -0.05) is 59.6 Å². The van der Waals surface area contributed by atoms with Gasteiger partial charge in [-0.05, 0) is 29.0 Å². The number of rotatable bonds is 7. The second kappa shape index (κ2) is 8.54. The largest absolute Gasteiger partial charge is 0.488 e. The summed E-state index contributed by atoms with van der Waals surface area (Å²) in [6.45, 7) is 1.52. The number of aliphatic hydroxyl groups excluding tert-OH is 1. The zero-order chi connectivity index (χ0) is 17.6. The fourth-order valence-electron chi connectivity index (χ4n) is 2.75. The van der Waals surface area contributed by atoms with E-state index >= 15 is 0 Å². The van der Waals surface area contributed by atoms with E-state index in [1.54, 1.807) is 12.1 Å². The molecule has 0 saturated heterocycles. The highest BCUT2D eigenvalue weighted by atomic mass is 35.5. The first kappa shape index (κ1) is 18.0. The van der Waals surface area contributed by atoms with Crippen LogP contribution in [0.15, 0.2) is 54.6 Å². The molecule has 3 aromatic carbocycles. The van der Waals surface area contributed by atoms with Gasteiger partial charge in [-0.25, -0.2) is 0 Å². The zero-order valence-corrected chi connectivity index (χ0v) is 15.1. The highest BCUT2D eigenvalue weighted by Gasteiger charge is 2.11. The maximum absolute atomic E-state index is 9.02. The average molecular weight is 376 g/mol. The monoisotopic (exact) mass is 375 g/mol. The first-order valence-corrected chi connectivity index (χ1v) is 8.84. The first-order valence-electron chi connectivity index (χ1n) is 8.08. The molecule has 0 aliphatic rings. The lowest BCUT2D eigenvalue weighted by atomic mass is 10.0. The van der Waals surface area contributed by atoms with E-state index in [4.69, 9.17) is 33.0 Å². The SMILES string of the molecule is OCCNCc1c(OCc2c(Cl)cccc2Cl)ccc2ccccc12. The molecule has 0 fully saturated rings. The van der Waals surface area contributed by atoms with E-state index in [0.717, 1.165) is 27.6 Å². The van der Waals surface area contributed by atoms with Crippen LogP contribution in [0, 0.1) is 0 Å². The van der Waals surface area contributed by atoms with E-state index in [9.17, 15) is 0 Å². The second-order valence-electron chi connectivity index (χ2n) is 5.65. The van der Waals surface area contributed by atoms with Crippen LogP contribution in [0.4, 0.5) is 0 Å². The van der Waals surface area contributed by atoms with Gasteiger partial charge in [0, 0.05) is 34.3 Å². The smallest absolute Gasteiger partial charge is 0.124 e. The summed E-state index contributed by atoms with van der Waals surface area (Å²) in [5.74, 6) is 0.778. The number of hydrogen-bond donors (Lipinski definition) is 2. The third-order valence-electron chi connectivity index (χ3n) is 4.02. The van der Waals surface area contributed by atoms with E-state index < -0.39 is 0 Å². The Hall–Kier alpha value is -1.78. The third-order valence-corrected chi connectivity index (χ3v) is 4.73. The summed E-state index contributed by atoms with van der Waals surface area (Å²) < 4.78 is 6.05. The second-order valence-corrected chi connectivity index (χ2v) is 6.47. The van der Waals surface area contributed by atoms with Gasteiger partial charge in [0.05, 0.1) is 6.61 Å². The van der Waals surface area contributed by atoms with Gasteiger partial charge in [0.2, 0.25) is 0 Å². The molecule has 0 amide bonds. The number of benzene rings is 3. The fourth-order valence-corrected chi connectivity index (χ4v) is 3.25. The van der Waals surface area contributed by atoms with Crippen LogP contribution in [0.25, 0.3) is 10.8 Å². The van der Waals surface area contributed by atoms with Crippen LogP contribution in [-0.4, -0.2) is 18.3 Å². The molecule has 5 heteroatoms. The topological polar surface area (TPSA) is 41.5 Å². The van der Waals surface area contributed by atoms with E-state index in [1.807, 2.05) is 30.3 Å². The summed E-state index contributed by atoms with van der Waals surface area (Å²) in [5.41, 5.74) is 1.82. The molecule has 0 aliphatic heterocycles. The van der Waals surface area contributed by atoms with E-state index in [0.29, 0.717) is 29.7 Å². The number of halogens is 2. The third kappa shape index (κ3) is 4.25. The summed E-state index contributed by atoms with van der Waals surface area (Å²) in [4.78, 5) is 0. The Balaban J connectivity index is 1.90. The zero-order valence-electron chi connectivity index (χ0n) is 13.6. The lowest BCUT2D eigenvalue weighted by Crippen LogP contribution is -2.18. The van der Waals surface area contributed by atoms with Crippen LogP contribution in [0.1, 0.15) is 11.1 Å². The standard InChI is InChI=1S/C20H19Cl2NO2/c21-18-6-3-7-19(22)17(18)13-25-20-9-8-14-4-1-2-5-15(14)16(20)12-23-10-11-24/h1-9,23-24H,10-13H2. The van der Waals surface area contributed by atoms with Crippen LogP contribution in [0.2, 0.25) is 10.0 Å². The minimum Gasteiger partial charge on any atom is -0.488 e. The van der Waals surface area contributed by atoms with Crippen molar-refractivity contribution in [1.82, 2.24) is 5.32 Å². The Kier molecular flexibility index (Phi) is 6.16. The minimum absolute atomic E-state index is 0.0934. The quantitative estimate of drug-likeness (QED) is 0.582. The van der Waals surface area contributed by atoms with Crippen molar-refractivity contribution in [3.63, 3.8) is 0 Å². The van der Waals surface area contributed by atoms with Crippen molar-refractivity contribution in [3.8, 4) is 5.75 Å². The average Bonchev–Trinajstić information content (AvgIpc) is 2.62. The molecule has 3 aromatic rings. The molecule has 0 spiro atoms. The highest BCUT2D eigenvalue weighted by Crippen LogP contribution is 2.31. The number of nitrogens with one attached hydrogen (secondary N) is 1. The lowest BCUT2D eigenvalue weighted by molar-refractivity contribution is 0.288. The molecule has 3 rings (SSSR count). The predicted octanol–water partition coefficient (Wildman–Crippen LogP) is 4.81. The van der Waals surface area contributed by atoms with Gasteiger partial charge in [0.1, 0.15) is 12.4 Å². The first-order chi connectivity index (χ1) is 12.2. The molecule has 2 N–H and O–H groups in total. The predicted molar refractivity (Wildman–Crippen MR) is 104 cm³/mol. The maximum Gasteiger partial charge on any atom is 0.124 e. The van der Waals surface area contributed by atoms with Crippen LogP contribution in [0.3, 0.4) is 0 Å². The van der Waals surface area contributed by atoms with Gasteiger partial charge in [-0.3, -0.25) is 0 Å². The van der Waals surface area contributed by atoms with Gasteiger partial charge in [0.15, 0.2) is 0 Å². The Morgan fingerprint density at radius 1 is 0.880 bits per heavy atom. The van der Waals surface area contributed by atoms with Crippen molar-refractivity contribution in [2.45, 2.75) is 13.2 Å². The molecule has 0 radical (unpaired) electrons. The molecule has 25 heavy (non-hydrogen) atoms. The van der Waals surface area contributed by atoms with Gasteiger partial charge in [0.25, 0.3) is 0 Å². The molecule has 0 bridgehead atoms. The van der Waals surface area contributed by atoms with Crippen molar-refractivity contribution in [2.24, 2.45) is 0 Å². The summed E-state index contributed by atoms with van der Waals surface area (Å²) >= 11 is 12.5. The number of ether oxygens (including phenoxy) is 1. The Morgan fingerprint density at radius 2 is 1.64 bits per heavy atom. The van der Waals surface area contributed by atoms with E-state index in [2.05, 4.69) is 17.4 Å². The molecule has 130 valence electrons. The van der Waals surface area contributed by atoms with Crippen molar-refractivity contribution in [1.29, 1.82) is 0 Å². The molecular formula is C20H19Cl2NO2. The maximum atomic E-state index is 9.02. The molecular weight excluding hydrogens is 357 g/mol. The number of hydrogen-bond acceptors (Lipinski definition) is 3. The summed E-state index contributed by atoms with van der Waals surface area (Å²) in [6.07, 6.45) is 0. The molecule has 3 nitrogen and oxygen atoms in total. The molecule has 0 heterocycles. The minimum atomic E-state index is 0.0934. The van der Waals surface area contributed by atoms with Crippen LogP contribution in [-0.2, 0) is 13.2 Å². The van der Waals surface area contributed by atoms with Crippen LogP contribution < -0.4 is 10.1 Å². The highest BCUT2D eigenvalue weighted by molar-refractivity contribution is 6.35. The molecule has 0 aromatic heterocycles. The van der Waals surface area contributed by atoms with Crippen LogP contribution >= 0.6 is 23.2 Å². The normalized spacial score (nSPS) is 11.0. The summed E-state index contributed by atoms with van der Waals surface area (Å²) in [6, 6.07) is 17.6. The van der Waals surface area contributed by atoms with E-state index in [-0.39, 0.29) is 6.61 Å².